The van der Waals surface area contributed by atoms with Crippen molar-refractivity contribution in [3.63, 3.8) is 0 Å². The molecule has 5 rings (SSSR count). The molecule has 0 bridgehead atoms. The van der Waals surface area contributed by atoms with Crippen LogP contribution >= 0.6 is 0 Å². The highest BCUT2D eigenvalue weighted by Crippen LogP contribution is 2.31. The van der Waals surface area contributed by atoms with Gasteiger partial charge in [0.25, 0.3) is 11.1 Å². The Bertz CT molecular complexity index is 1300. The molecule has 2 N–H and O–H groups in total. The maximum Gasteiger partial charge on any atom is 0.252 e. The normalized spacial score (nSPS) is 13.0. The average Bonchev–Trinajstić information content (AvgIpc) is 2.62. The minimum absolute atomic E-state index is 0.0543. The van der Waals surface area contributed by atoms with Gasteiger partial charge >= 0.3 is 0 Å². The van der Waals surface area contributed by atoms with Gasteiger partial charge in [-0.1, -0.05) is 29.8 Å². The van der Waals surface area contributed by atoms with Crippen molar-refractivity contribution in [1.29, 1.82) is 0 Å². The number of fused-ring (bicyclic) bond motifs is 6. The Labute approximate surface area is 143 Å². The van der Waals surface area contributed by atoms with Crippen LogP contribution in [0, 0.1) is 6.92 Å². The number of H-pyrrole nitrogens is 2. The van der Waals surface area contributed by atoms with E-state index in [1.807, 2.05) is 43.3 Å². The Morgan fingerprint density at radius 2 is 1.32 bits per heavy atom. The zero-order chi connectivity index (χ0) is 17.1. The van der Waals surface area contributed by atoms with Crippen LogP contribution in [-0.4, -0.2) is 9.97 Å². The Morgan fingerprint density at radius 1 is 0.720 bits per heavy atom. The van der Waals surface area contributed by atoms with Gasteiger partial charge in [-0.25, -0.2) is 0 Å². The number of rotatable bonds is 0. The number of hydrogen-bond donors (Lipinski definition) is 2. The van der Waals surface area contributed by atoms with E-state index in [0.29, 0.717) is 12.8 Å². The van der Waals surface area contributed by atoms with Gasteiger partial charge in [-0.15, -0.1) is 0 Å². The van der Waals surface area contributed by atoms with E-state index in [4.69, 9.17) is 0 Å². The topological polar surface area (TPSA) is 65.7 Å². The lowest BCUT2D eigenvalue weighted by Crippen LogP contribution is -2.26. The number of hydrogen-bond acceptors (Lipinski definition) is 2. The van der Waals surface area contributed by atoms with E-state index < -0.39 is 0 Å². The second-order valence-electron chi connectivity index (χ2n) is 6.77. The number of para-hydroxylation sites is 1. The molecular weight excluding hydrogens is 312 g/mol. The number of benzene rings is 2. The van der Waals surface area contributed by atoms with Crippen LogP contribution in [0.5, 0.6) is 0 Å². The summed E-state index contributed by atoms with van der Waals surface area (Å²) < 4.78 is 0. The molecular formula is C21H16N2O2. The first-order valence-corrected chi connectivity index (χ1v) is 8.39. The van der Waals surface area contributed by atoms with Crippen LogP contribution in [0.2, 0.25) is 0 Å². The van der Waals surface area contributed by atoms with Crippen molar-refractivity contribution in [2.75, 3.05) is 0 Å². The quantitative estimate of drug-likeness (QED) is 0.458. The van der Waals surface area contributed by atoms with Crippen molar-refractivity contribution in [2.24, 2.45) is 0 Å². The molecule has 4 aromatic rings. The molecule has 0 saturated heterocycles. The molecule has 4 nitrogen and oxygen atoms in total. The van der Waals surface area contributed by atoms with E-state index in [-0.39, 0.29) is 11.1 Å². The zero-order valence-corrected chi connectivity index (χ0v) is 13.8. The highest BCUT2D eigenvalue weighted by molar-refractivity contribution is 5.88. The minimum atomic E-state index is -0.0552. The predicted molar refractivity (Wildman–Crippen MR) is 99.5 cm³/mol. The van der Waals surface area contributed by atoms with Gasteiger partial charge in [-0.2, -0.15) is 0 Å². The van der Waals surface area contributed by atoms with Gasteiger partial charge in [0.1, 0.15) is 0 Å². The third-order valence-corrected chi connectivity index (χ3v) is 5.23. The van der Waals surface area contributed by atoms with Crippen LogP contribution in [0.3, 0.4) is 0 Å². The fourth-order valence-electron chi connectivity index (χ4n) is 4.00. The lowest BCUT2D eigenvalue weighted by Gasteiger charge is -2.21. The number of aromatic nitrogens is 2. The second kappa shape index (κ2) is 4.93. The molecule has 2 aromatic heterocycles. The molecule has 0 atom stereocenters. The Hall–Kier alpha value is -3.14. The standard InChI is InChI=1S/C21H16N2O2/c1-11-6-7-19-15(8-11)14-10-16-13(9-17(14)21(25)23-19)12-4-2-3-5-18(12)22-20(16)24/h2-8H,9-10H2,1H3,(H,22,24)(H,23,25). The number of pyridine rings is 2. The predicted octanol–water partition coefficient (Wildman–Crippen LogP) is 3.17. The summed E-state index contributed by atoms with van der Waals surface area (Å²) in [6.07, 6.45) is 0.989. The van der Waals surface area contributed by atoms with Crippen molar-refractivity contribution in [1.82, 2.24) is 9.97 Å². The molecule has 2 heterocycles. The number of aromatic amines is 2. The highest BCUT2D eigenvalue weighted by atomic mass is 16.1. The summed E-state index contributed by atoms with van der Waals surface area (Å²) in [5, 5.41) is 2.05. The third kappa shape index (κ3) is 2.00. The van der Waals surface area contributed by atoms with Gasteiger partial charge in [0.05, 0.1) is 0 Å². The van der Waals surface area contributed by atoms with Gasteiger partial charge in [0, 0.05) is 45.8 Å². The van der Waals surface area contributed by atoms with E-state index >= 15 is 0 Å². The molecule has 122 valence electrons. The fraction of sp³-hybridized carbons (Fsp3) is 0.143. The molecule has 0 aliphatic heterocycles. The molecule has 0 unspecified atom stereocenters. The summed E-state index contributed by atoms with van der Waals surface area (Å²) in [7, 11) is 0. The van der Waals surface area contributed by atoms with Gasteiger partial charge in [-0.05, 0) is 36.2 Å². The van der Waals surface area contributed by atoms with E-state index in [9.17, 15) is 9.59 Å². The molecule has 0 radical (unpaired) electrons. The molecule has 2 aromatic carbocycles. The molecule has 25 heavy (non-hydrogen) atoms. The number of nitrogens with one attached hydrogen (secondary N) is 2. The summed E-state index contributed by atoms with van der Waals surface area (Å²) in [4.78, 5) is 31.3. The SMILES string of the molecule is Cc1ccc2[nH]c(=O)c3c(c2c1)Cc1c(c2ccccc2[nH]c1=O)C3. The van der Waals surface area contributed by atoms with Crippen LogP contribution in [0.4, 0.5) is 0 Å². The minimum Gasteiger partial charge on any atom is -0.322 e. The largest absolute Gasteiger partial charge is 0.322 e. The average molecular weight is 328 g/mol. The summed E-state index contributed by atoms with van der Waals surface area (Å²) in [5.41, 5.74) is 6.19. The van der Waals surface area contributed by atoms with Crippen LogP contribution < -0.4 is 11.1 Å². The lowest BCUT2D eigenvalue weighted by molar-refractivity contribution is 0.963. The van der Waals surface area contributed by atoms with E-state index in [1.54, 1.807) is 0 Å². The summed E-state index contributed by atoms with van der Waals surface area (Å²) >= 11 is 0. The smallest absolute Gasteiger partial charge is 0.252 e. The van der Waals surface area contributed by atoms with Crippen molar-refractivity contribution in [3.05, 3.63) is 91.0 Å². The second-order valence-corrected chi connectivity index (χ2v) is 6.77. The molecule has 1 aliphatic rings. The van der Waals surface area contributed by atoms with Gasteiger partial charge in [-0.3, -0.25) is 9.59 Å². The fourth-order valence-corrected chi connectivity index (χ4v) is 4.00. The van der Waals surface area contributed by atoms with Crippen LogP contribution in [0.25, 0.3) is 21.8 Å². The van der Waals surface area contributed by atoms with Crippen LogP contribution in [0.15, 0.2) is 52.1 Å². The van der Waals surface area contributed by atoms with Gasteiger partial charge in [0.15, 0.2) is 0 Å². The molecule has 0 saturated carbocycles. The molecule has 1 aliphatic carbocycles. The molecule has 4 heteroatoms. The maximum absolute atomic E-state index is 12.7. The van der Waals surface area contributed by atoms with E-state index in [2.05, 4.69) is 16.0 Å². The zero-order valence-electron chi connectivity index (χ0n) is 13.8. The summed E-state index contributed by atoms with van der Waals surface area (Å²) in [6.45, 7) is 2.04. The Kier molecular flexibility index (Phi) is 2.80. The molecule has 0 fully saturated rings. The molecule has 0 spiro atoms. The van der Waals surface area contributed by atoms with Crippen molar-refractivity contribution in [3.8, 4) is 0 Å². The lowest BCUT2D eigenvalue weighted by atomic mass is 9.83. The number of aryl methyl sites for hydroxylation is 1. The first-order chi connectivity index (χ1) is 12.1. The first kappa shape index (κ1) is 14.2. The summed E-state index contributed by atoms with van der Waals surface area (Å²) in [6, 6.07) is 13.8. The van der Waals surface area contributed by atoms with Crippen LogP contribution in [0.1, 0.15) is 27.8 Å². The van der Waals surface area contributed by atoms with Crippen molar-refractivity contribution >= 4 is 21.8 Å². The van der Waals surface area contributed by atoms with Crippen molar-refractivity contribution < 1.29 is 0 Å². The van der Waals surface area contributed by atoms with E-state index in [1.165, 1.54) is 0 Å². The monoisotopic (exact) mass is 328 g/mol. The van der Waals surface area contributed by atoms with Crippen LogP contribution in [-0.2, 0) is 12.8 Å². The third-order valence-electron chi connectivity index (χ3n) is 5.23. The Morgan fingerprint density at radius 3 is 2.04 bits per heavy atom. The maximum atomic E-state index is 12.7. The highest BCUT2D eigenvalue weighted by Gasteiger charge is 2.24. The van der Waals surface area contributed by atoms with Crippen molar-refractivity contribution in [2.45, 2.75) is 19.8 Å². The van der Waals surface area contributed by atoms with Gasteiger partial charge in [0.2, 0.25) is 0 Å². The van der Waals surface area contributed by atoms with Gasteiger partial charge < -0.3 is 9.97 Å². The first-order valence-electron chi connectivity index (χ1n) is 8.39. The molecule has 0 amide bonds. The Balaban J connectivity index is 1.87. The summed E-state index contributed by atoms with van der Waals surface area (Å²) in [5.74, 6) is 0. The van der Waals surface area contributed by atoms with E-state index in [0.717, 1.165) is 49.6 Å².